The lowest BCUT2D eigenvalue weighted by Gasteiger charge is -2.29. The van der Waals surface area contributed by atoms with Crippen molar-refractivity contribution in [3.05, 3.63) is 125 Å². The average molecular weight is 687 g/mol. The Morgan fingerprint density at radius 2 is 1.22 bits per heavy atom. The number of likely N-dealkylation sites (tertiary alicyclic amines) is 1. The van der Waals surface area contributed by atoms with E-state index in [2.05, 4.69) is 73.0 Å². The fourth-order valence-corrected chi connectivity index (χ4v) is 5.08. The maximum atomic E-state index is 12.6. The molecule has 3 rings (SSSR count). The zero-order valence-corrected chi connectivity index (χ0v) is 30.6. The Balaban J connectivity index is 0.000000344. The lowest BCUT2D eigenvalue weighted by Crippen LogP contribution is -2.47. The van der Waals surface area contributed by atoms with Crippen LogP contribution in [-0.2, 0) is 9.59 Å². The molecule has 0 bridgehead atoms. The van der Waals surface area contributed by atoms with Crippen molar-refractivity contribution < 1.29 is 19.1 Å². The quantitative estimate of drug-likeness (QED) is 0.0962. The minimum absolute atomic E-state index is 0.00341. The Labute approximate surface area is 299 Å². The number of ketones is 1. The molecular formula is C42H55ClN2O4. The monoisotopic (exact) mass is 686 g/mol. The molecule has 1 N–H and O–H groups in total. The van der Waals surface area contributed by atoms with Gasteiger partial charge in [-0.25, -0.2) is 0 Å². The maximum absolute atomic E-state index is 12.6. The van der Waals surface area contributed by atoms with Crippen molar-refractivity contribution in [3.63, 3.8) is 0 Å². The van der Waals surface area contributed by atoms with Gasteiger partial charge in [-0.2, -0.15) is 0 Å². The third-order valence-corrected chi connectivity index (χ3v) is 7.97. The summed E-state index contributed by atoms with van der Waals surface area (Å²) >= 11 is 5.86. The van der Waals surface area contributed by atoms with Gasteiger partial charge in [-0.05, 0) is 120 Å². The molecule has 0 unspecified atom stereocenters. The minimum atomic E-state index is -0.938. The number of allylic oxidation sites excluding steroid dienone is 10. The predicted octanol–water partition coefficient (Wildman–Crippen LogP) is 10.0. The van der Waals surface area contributed by atoms with E-state index in [1.54, 1.807) is 69.4 Å². The van der Waals surface area contributed by atoms with E-state index in [0.29, 0.717) is 28.3 Å². The lowest BCUT2D eigenvalue weighted by molar-refractivity contribution is -0.144. The molecule has 2 amide bonds. The molecular weight excluding hydrogens is 632 g/mol. The largest absolute Gasteiger partial charge is 0.478 e. The Kier molecular flexibility index (Phi) is 20.1. The molecule has 1 saturated heterocycles. The highest BCUT2D eigenvalue weighted by Crippen LogP contribution is 2.24. The van der Waals surface area contributed by atoms with Crippen LogP contribution in [-0.4, -0.2) is 48.2 Å². The summed E-state index contributed by atoms with van der Waals surface area (Å²) in [5.74, 6) is 0.601. The first-order valence-corrected chi connectivity index (χ1v) is 17.9. The molecule has 0 saturated carbocycles. The van der Waals surface area contributed by atoms with Crippen molar-refractivity contribution in [1.29, 1.82) is 0 Å². The van der Waals surface area contributed by atoms with E-state index in [-0.39, 0.29) is 17.6 Å². The number of halogens is 1. The van der Waals surface area contributed by atoms with E-state index in [1.165, 1.54) is 0 Å². The molecule has 2 aromatic carbocycles. The molecule has 0 aromatic heterocycles. The molecule has 2 aromatic rings. The van der Waals surface area contributed by atoms with Crippen LogP contribution in [0.5, 0.6) is 5.75 Å². The molecule has 0 radical (unpaired) electrons. The standard InChI is InChI=1S/C21H22ClNO3.C21H33NO/c1-21(2,20(25)23-13-3-4-14-23)26-18-11-7-16(8-12-18)19(24)15-5-9-17(22)10-6-15;1-3-4-5-6-7-8-9-10-11-12-13-14-15-16-17-18-19-20-21(23)22-2/h5-12H,3-4,13-14H2,1-2H3;4-5,7-8,10-11,13-14,16-17H,3,6,9,12,15,18-20H2,1-2H3,(H,22,23)/b;5-4-,8-7-,11-10-,14-13-,17-16-. The maximum Gasteiger partial charge on any atom is 0.266 e. The van der Waals surface area contributed by atoms with Gasteiger partial charge < -0.3 is 15.0 Å². The van der Waals surface area contributed by atoms with Crippen LogP contribution >= 0.6 is 11.6 Å². The summed E-state index contributed by atoms with van der Waals surface area (Å²) in [4.78, 5) is 37.9. The van der Waals surface area contributed by atoms with Crippen molar-refractivity contribution in [2.45, 2.75) is 90.6 Å². The topological polar surface area (TPSA) is 75.7 Å². The molecule has 0 spiro atoms. The van der Waals surface area contributed by atoms with Crippen molar-refractivity contribution in [2.24, 2.45) is 0 Å². The van der Waals surface area contributed by atoms with E-state index >= 15 is 0 Å². The van der Waals surface area contributed by atoms with Crippen molar-refractivity contribution in [3.8, 4) is 5.75 Å². The summed E-state index contributed by atoms with van der Waals surface area (Å²) in [6, 6.07) is 13.7. The van der Waals surface area contributed by atoms with Crippen LogP contribution in [0.4, 0.5) is 0 Å². The summed E-state index contributed by atoms with van der Waals surface area (Å²) in [5.41, 5.74) is 0.197. The molecule has 0 aliphatic carbocycles. The number of amides is 2. The predicted molar refractivity (Wildman–Crippen MR) is 204 cm³/mol. The first kappa shape index (κ1) is 41.0. The normalized spacial score (nSPS) is 13.5. The molecule has 1 aliphatic heterocycles. The van der Waals surface area contributed by atoms with Gasteiger partial charge in [0.2, 0.25) is 5.91 Å². The van der Waals surface area contributed by atoms with Gasteiger partial charge in [0, 0.05) is 42.7 Å². The van der Waals surface area contributed by atoms with Crippen molar-refractivity contribution >= 4 is 29.2 Å². The van der Waals surface area contributed by atoms with E-state index in [9.17, 15) is 14.4 Å². The van der Waals surface area contributed by atoms with Crippen LogP contribution in [0.2, 0.25) is 5.02 Å². The first-order valence-electron chi connectivity index (χ1n) is 17.5. The SMILES string of the molecule is CC(C)(Oc1ccc(C(=O)c2ccc(Cl)cc2)cc1)C(=O)N1CCCC1.CC/C=C\C/C=C\C/C=C\C/C=C\C/C=C\CCCC(=O)NC. The first-order chi connectivity index (χ1) is 23.7. The molecule has 1 heterocycles. The fourth-order valence-electron chi connectivity index (χ4n) is 4.96. The molecule has 0 atom stereocenters. The number of nitrogens with one attached hydrogen (secondary N) is 1. The van der Waals surface area contributed by atoms with Crippen LogP contribution in [0.3, 0.4) is 0 Å². The van der Waals surface area contributed by atoms with Gasteiger partial charge in [0.05, 0.1) is 0 Å². The highest BCUT2D eigenvalue weighted by atomic mass is 35.5. The molecule has 49 heavy (non-hydrogen) atoms. The zero-order valence-electron chi connectivity index (χ0n) is 29.8. The van der Waals surface area contributed by atoms with Crippen LogP contribution in [0.1, 0.15) is 101 Å². The number of rotatable bonds is 18. The molecule has 7 heteroatoms. The third kappa shape index (κ3) is 17.2. The Hall–Kier alpha value is -4.16. The van der Waals surface area contributed by atoms with Gasteiger partial charge >= 0.3 is 0 Å². The molecule has 1 fully saturated rings. The molecule has 264 valence electrons. The zero-order chi connectivity index (χ0) is 35.7. The number of hydrogen-bond donors (Lipinski definition) is 1. The fraction of sp³-hybridized carbons (Fsp3) is 0.405. The van der Waals surface area contributed by atoms with Crippen molar-refractivity contribution in [1.82, 2.24) is 10.2 Å². The average Bonchev–Trinajstić information content (AvgIpc) is 3.65. The van der Waals surface area contributed by atoms with Gasteiger partial charge in [-0.3, -0.25) is 14.4 Å². The molecule has 1 aliphatic rings. The highest BCUT2D eigenvalue weighted by molar-refractivity contribution is 6.30. The summed E-state index contributed by atoms with van der Waals surface area (Å²) in [6.45, 7) is 7.29. The Morgan fingerprint density at radius 1 is 0.755 bits per heavy atom. The number of hydrogen-bond acceptors (Lipinski definition) is 4. The van der Waals surface area contributed by atoms with Crippen LogP contribution in [0.25, 0.3) is 0 Å². The second-order valence-corrected chi connectivity index (χ2v) is 12.7. The smallest absolute Gasteiger partial charge is 0.266 e. The van der Waals surface area contributed by atoms with E-state index in [1.807, 2.05) is 4.90 Å². The van der Waals surface area contributed by atoms with E-state index < -0.39 is 5.60 Å². The Bertz CT molecular complexity index is 1410. The van der Waals surface area contributed by atoms with Crippen LogP contribution in [0.15, 0.2) is 109 Å². The van der Waals surface area contributed by atoms with Gasteiger partial charge in [0.1, 0.15) is 5.75 Å². The number of unbranched alkanes of at least 4 members (excludes halogenated alkanes) is 1. The minimum Gasteiger partial charge on any atom is -0.478 e. The summed E-state index contributed by atoms with van der Waals surface area (Å²) in [7, 11) is 1.68. The van der Waals surface area contributed by atoms with Gasteiger partial charge in [-0.15, -0.1) is 0 Å². The number of carbonyl (C=O) groups excluding carboxylic acids is 3. The highest BCUT2D eigenvalue weighted by Gasteiger charge is 2.35. The lowest BCUT2D eigenvalue weighted by atomic mass is 10.0. The summed E-state index contributed by atoms with van der Waals surface area (Å²) in [6.07, 6.45) is 31.7. The van der Waals surface area contributed by atoms with Gasteiger partial charge in [0.15, 0.2) is 11.4 Å². The summed E-state index contributed by atoms with van der Waals surface area (Å²) < 4.78 is 5.91. The second-order valence-electron chi connectivity index (χ2n) is 12.2. The van der Waals surface area contributed by atoms with E-state index in [4.69, 9.17) is 16.3 Å². The number of carbonyl (C=O) groups is 3. The van der Waals surface area contributed by atoms with E-state index in [0.717, 1.165) is 70.9 Å². The van der Waals surface area contributed by atoms with Crippen molar-refractivity contribution in [2.75, 3.05) is 20.1 Å². The number of ether oxygens (including phenoxy) is 1. The second kappa shape index (κ2) is 24.0. The number of nitrogens with zero attached hydrogens (tertiary/aromatic N) is 1. The van der Waals surface area contributed by atoms with Gasteiger partial charge in [-0.1, -0.05) is 79.3 Å². The Morgan fingerprint density at radius 3 is 1.71 bits per heavy atom. The summed E-state index contributed by atoms with van der Waals surface area (Å²) in [5, 5.41) is 3.22. The third-order valence-electron chi connectivity index (χ3n) is 7.72. The van der Waals surface area contributed by atoms with Crippen LogP contribution in [0, 0.1) is 0 Å². The van der Waals surface area contributed by atoms with Gasteiger partial charge in [0.25, 0.3) is 5.91 Å². The number of benzene rings is 2. The molecule has 6 nitrogen and oxygen atoms in total. The van der Waals surface area contributed by atoms with Crippen LogP contribution < -0.4 is 10.1 Å².